The van der Waals surface area contributed by atoms with Crippen LogP contribution in [0.15, 0.2) is 22.7 Å². The lowest BCUT2D eigenvalue weighted by Gasteiger charge is -2.40. The van der Waals surface area contributed by atoms with Crippen LogP contribution in [-0.2, 0) is 4.74 Å². The Morgan fingerprint density at radius 2 is 2.19 bits per heavy atom. The molecule has 0 radical (unpaired) electrons. The van der Waals surface area contributed by atoms with E-state index in [2.05, 4.69) is 15.9 Å². The summed E-state index contributed by atoms with van der Waals surface area (Å²) in [5, 5.41) is 0.0748. The van der Waals surface area contributed by atoms with Crippen LogP contribution < -0.4 is 4.74 Å². The number of rotatable bonds is 3. The lowest BCUT2D eigenvalue weighted by atomic mass is 9.91. The maximum Gasteiger partial charge on any atom is 0.128 e. The summed E-state index contributed by atoms with van der Waals surface area (Å²) in [7, 11) is 1.67. The Morgan fingerprint density at radius 3 is 2.75 bits per heavy atom. The van der Waals surface area contributed by atoms with Crippen molar-refractivity contribution in [3.63, 3.8) is 0 Å². The number of benzene rings is 1. The molecule has 1 aromatic rings. The molecular formula is C12H14BrClO2. The molecule has 0 aromatic heterocycles. The van der Waals surface area contributed by atoms with Crippen molar-refractivity contribution in [2.24, 2.45) is 0 Å². The van der Waals surface area contributed by atoms with Crippen molar-refractivity contribution >= 4 is 27.5 Å². The molecule has 0 bridgehead atoms. The molecule has 2 nitrogen and oxygen atoms in total. The maximum absolute atomic E-state index is 6.03. The number of methoxy groups -OCH3 is 1. The van der Waals surface area contributed by atoms with Crippen molar-refractivity contribution in [1.29, 1.82) is 0 Å². The summed E-state index contributed by atoms with van der Waals surface area (Å²) in [5.74, 6) is 0.902. The first-order valence-electron chi connectivity index (χ1n) is 5.21. The van der Waals surface area contributed by atoms with Crippen molar-refractivity contribution in [1.82, 2.24) is 0 Å². The molecule has 1 saturated carbocycles. The van der Waals surface area contributed by atoms with Crippen molar-refractivity contribution in [3.05, 3.63) is 28.2 Å². The third kappa shape index (κ3) is 2.36. The second kappa shape index (κ2) is 4.94. The highest BCUT2D eigenvalue weighted by molar-refractivity contribution is 9.10. The molecule has 2 rings (SSSR count). The smallest absolute Gasteiger partial charge is 0.128 e. The van der Waals surface area contributed by atoms with Gasteiger partial charge in [-0.2, -0.15) is 0 Å². The standard InChI is InChI=1S/C12H14BrClO2/c1-7-5-8(13)3-4-10(7)16-11-6-9(14)12(11)15-2/h3-5,9,11-12H,6H2,1-2H3. The molecule has 1 aromatic carbocycles. The number of hydrogen-bond donors (Lipinski definition) is 0. The fourth-order valence-corrected chi connectivity index (χ4v) is 2.77. The zero-order valence-corrected chi connectivity index (χ0v) is 11.6. The maximum atomic E-state index is 6.03. The Hall–Kier alpha value is -0.250. The highest BCUT2D eigenvalue weighted by Gasteiger charge is 2.42. The van der Waals surface area contributed by atoms with Crippen LogP contribution in [0.1, 0.15) is 12.0 Å². The fourth-order valence-electron chi connectivity index (χ4n) is 1.85. The molecule has 1 aliphatic carbocycles. The van der Waals surface area contributed by atoms with Gasteiger partial charge in [-0.1, -0.05) is 15.9 Å². The van der Waals surface area contributed by atoms with Crippen LogP contribution >= 0.6 is 27.5 Å². The molecular weight excluding hydrogens is 291 g/mol. The lowest BCUT2D eigenvalue weighted by molar-refractivity contribution is -0.0586. The average molecular weight is 306 g/mol. The third-order valence-electron chi connectivity index (χ3n) is 2.87. The minimum Gasteiger partial charge on any atom is -0.487 e. The third-order valence-corrected chi connectivity index (χ3v) is 3.79. The summed E-state index contributed by atoms with van der Waals surface area (Å²) in [6.45, 7) is 2.03. The van der Waals surface area contributed by atoms with Gasteiger partial charge in [0.2, 0.25) is 0 Å². The van der Waals surface area contributed by atoms with Crippen LogP contribution in [0.2, 0.25) is 0 Å². The van der Waals surface area contributed by atoms with Gasteiger partial charge in [-0.25, -0.2) is 0 Å². The molecule has 0 saturated heterocycles. The second-order valence-corrected chi connectivity index (χ2v) is 5.49. The van der Waals surface area contributed by atoms with Gasteiger partial charge in [0.05, 0.1) is 5.38 Å². The van der Waals surface area contributed by atoms with Crippen LogP contribution in [0.25, 0.3) is 0 Å². The predicted octanol–water partition coefficient (Wildman–Crippen LogP) is 3.53. The first-order valence-corrected chi connectivity index (χ1v) is 6.44. The zero-order valence-electron chi connectivity index (χ0n) is 9.24. The minimum atomic E-state index is 0.00436. The minimum absolute atomic E-state index is 0.00436. The molecule has 88 valence electrons. The molecule has 0 heterocycles. The van der Waals surface area contributed by atoms with Gasteiger partial charge in [0.1, 0.15) is 18.0 Å². The van der Waals surface area contributed by atoms with Gasteiger partial charge in [-0.3, -0.25) is 0 Å². The van der Waals surface area contributed by atoms with Gasteiger partial charge in [-0.05, 0) is 30.7 Å². The normalized spacial score (nSPS) is 28.6. The van der Waals surface area contributed by atoms with E-state index in [0.717, 1.165) is 22.2 Å². The molecule has 3 atom stereocenters. The van der Waals surface area contributed by atoms with Crippen LogP contribution in [-0.4, -0.2) is 24.7 Å². The summed E-state index contributed by atoms with van der Waals surface area (Å²) in [4.78, 5) is 0. The number of hydrogen-bond acceptors (Lipinski definition) is 2. The molecule has 0 amide bonds. The largest absolute Gasteiger partial charge is 0.487 e. The summed E-state index contributed by atoms with van der Waals surface area (Å²) in [5.41, 5.74) is 1.11. The molecule has 4 heteroatoms. The summed E-state index contributed by atoms with van der Waals surface area (Å²) >= 11 is 9.46. The molecule has 1 aliphatic rings. The molecule has 0 spiro atoms. The van der Waals surface area contributed by atoms with E-state index in [1.165, 1.54) is 0 Å². The second-order valence-electron chi connectivity index (χ2n) is 4.02. The van der Waals surface area contributed by atoms with Crippen molar-refractivity contribution in [2.45, 2.75) is 30.9 Å². The van der Waals surface area contributed by atoms with Crippen molar-refractivity contribution in [3.8, 4) is 5.75 Å². The van der Waals surface area contributed by atoms with Gasteiger partial charge in [-0.15, -0.1) is 11.6 Å². The number of ether oxygens (including phenoxy) is 2. The van der Waals surface area contributed by atoms with E-state index in [-0.39, 0.29) is 17.6 Å². The van der Waals surface area contributed by atoms with Crippen molar-refractivity contribution in [2.75, 3.05) is 7.11 Å². The van der Waals surface area contributed by atoms with Crippen LogP contribution in [0.5, 0.6) is 5.75 Å². The molecule has 0 aliphatic heterocycles. The van der Waals surface area contributed by atoms with Crippen LogP contribution in [0.3, 0.4) is 0 Å². The van der Waals surface area contributed by atoms with Gasteiger partial charge in [0.15, 0.2) is 0 Å². The molecule has 3 unspecified atom stereocenters. The quantitative estimate of drug-likeness (QED) is 0.795. The average Bonchev–Trinajstić information content (AvgIpc) is 2.21. The Bertz CT molecular complexity index is 383. The molecule has 16 heavy (non-hydrogen) atoms. The topological polar surface area (TPSA) is 18.5 Å². The predicted molar refractivity (Wildman–Crippen MR) is 68.4 cm³/mol. The summed E-state index contributed by atoms with van der Waals surface area (Å²) in [6.07, 6.45) is 0.923. The molecule has 1 fully saturated rings. The fraction of sp³-hybridized carbons (Fsp3) is 0.500. The van der Waals surface area contributed by atoms with Crippen LogP contribution in [0.4, 0.5) is 0 Å². The first-order chi connectivity index (χ1) is 7.61. The number of halogens is 2. The van der Waals surface area contributed by atoms with Crippen molar-refractivity contribution < 1.29 is 9.47 Å². The van der Waals surface area contributed by atoms with Gasteiger partial charge >= 0.3 is 0 Å². The Kier molecular flexibility index (Phi) is 3.77. The summed E-state index contributed by atoms with van der Waals surface area (Å²) < 4.78 is 12.2. The SMILES string of the molecule is COC1C(Cl)CC1Oc1ccc(Br)cc1C. The molecule has 0 N–H and O–H groups in total. The van der Waals surface area contributed by atoms with Gasteiger partial charge in [0.25, 0.3) is 0 Å². The van der Waals surface area contributed by atoms with E-state index in [1.54, 1.807) is 7.11 Å². The zero-order chi connectivity index (χ0) is 11.7. The van der Waals surface area contributed by atoms with E-state index in [0.29, 0.717) is 0 Å². The van der Waals surface area contributed by atoms with Gasteiger partial charge in [0, 0.05) is 18.0 Å². The highest BCUT2D eigenvalue weighted by atomic mass is 79.9. The van der Waals surface area contributed by atoms with E-state index in [9.17, 15) is 0 Å². The number of aryl methyl sites for hydroxylation is 1. The Balaban J connectivity index is 2.04. The van der Waals surface area contributed by atoms with Crippen LogP contribution in [0, 0.1) is 6.92 Å². The van der Waals surface area contributed by atoms with E-state index in [1.807, 2.05) is 25.1 Å². The van der Waals surface area contributed by atoms with E-state index >= 15 is 0 Å². The van der Waals surface area contributed by atoms with E-state index in [4.69, 9.17) is 21.1 Å². The lowest BCUT2D eigenvalue weighted by Crippen LogP contribution is -2.52. The number of alkyl halides is 1. The first kappa shape index (κ1) is 12.2. The Morgan fingerprint density at radius 1 is 1.44 bits per heavy atom. The summed E-state index contributed by atoms with van der Waals surface area (Å²) in [6, 6.07) is 5.97. The Labute approximate surface area is 109 Å². The van der Waals surface area contributed by atoms with E-state index < -0.39 is 0 Å². The monoisotopic (exact) mass is 304 g/mol. The highest BCUT2D eigenvalue weighted by Crippen LogP contribution is 2.34. The van der Waals surface area contributed by atoms with Gasteiger partial charge < -0.3 is 9.47 Å².